The van der Waals surface area contributed by atoms with Crippen molar-refractivity contribution in [1.82, 2.24) is 5.43 Å². The van der Waals surface area contributed by atoms with Crippen LogP contribution < -0.4 is 16.0 Å². The number of ether oxygens (including phenoxy) is 1. The van der Waals surface area contributed by atoms with Crippen molar-refractivity contribution in [1.29, 1.82) is 0 Å². The Balaban J connectivity index is 2.40. The van der Waals surface area contributed by atoms with Gasteiger partial charge < -0.3 is 4.74 Å². The minimum atomic E-state index is -4.77. The van der Waals surface area contributed by atoms with Gasteiger partial charge >= 0.3 is 6.36 Å². The minimum Gasteiger partial charge on any atom is -0.405 e. The van der Waals surface area contributed by atoms with Crippen LogP contribution in [-0.4, -0.2) is 6.36 Å². The number of nitrogens with one attached hydrogen (secondary N) is 1. The number of hydrazine groups is 1. The molecule has 2 aromatic rings. The molecule has 0 fully saturated rings. The van der Waals surface area contributed by atoms with Crippen molar-refractivity contribution in [2.75, 3.05) is 0 Å². The fourth-order valence-electron chi connectivity index (χ4n) is 1.96. The van der Waals surface area contributed by atoms with E-state index < -0.39 is 12.4 Å². The first-order chi connectivity index (χ1) is 9.90. The summed E-state index contributed by atoms with van der Waals surface area (Å²) in [6.45, 7) is 0. The van der Waals surface area contributed by atoms with Crippen LogP contribution in [0.5, 0.6) is 5.75 Å². The summed E-state index contributed by atoms with van der Waals surface area (Å²) in [5.41, 5.74) is 3.43. The molecule has 7 heteroatoms. The van der Waals surface area contributed by atoms with Crippen molar-refractivity contribution >= 4 is 11.6 Å². The quantitative estimate of drug-likeness (QED) is 0.666. The highest BCUT2D eigenvalue weighted by molar-refractivity contribution is 6.30. The lowest BCUT2D eigenvalue weighted by atomic mass is 9.98. The summed E-state index contributed by atoms with van der Waals surface area (Å²) in [6.07, 6.45) is -4.77. The fourth-order valence-corrected chi connectivity index (χ4v) is 2.08. The van der Waals surface area contributed by atoms with Gasteiger partial charge in [0.15, 0.2) is 0 Å². The van der Waals surface area contributed by atoms with Gasteiger partial charge in [-0.3, -0.25) is 5.84 Å². The Hall–Kier alpha value is -1.76. The Labute approximate surface area is 124 Å². The van der Waals surface area contributed by atoms with Crippen LogP contribution in [0, 0.1) is 0 Å². The van der Waals surface area contributed by atoms with Crippen LogP contribution in [0.2, 0.25) is 5.02 Å². The van der Waals surface area contributed by atoms with Gasteiger partial charge in [0, 0.05) is 10.6 Å². The van der Waals surface area contributed by atoms with E-state index in [2.05, 4.69) is 10.2 Å². The molecule has 0 bridgehead atoms. The topological polar surface area (TPSA) is 47.3 Å². The molecule has 21 heavy (non-hydrogen) atoms. The number of rotatable bonds is 4. The summed E-state index contributed by atoms with van der Waals surface area (Å²) in [5, 5.41) is 0.523. The van der Waals surface area contributed by atoms with Crippen LogP contribution in [0.15, 0.2) is 48.5 Å². The van der Waals surface area contributed by atoms with Crippen molar-refractivity contribution in [3.05, 3.63) is 64.7 Å². The molecular weight excluding hydrogens is 305 g/mol. The van der Waals surface area contributed by atoms with E-state index in [1.165, 1.54) is 18.2 Å². The Morgan fingerprint density at radius 2 is 1.67 bits per heavy atom. The molecular formula is C14H12ClF3N2O. The summed E-state index contributed by atoms with van der Waals surface area (Å²) in [6, 6.07) is 11.8. The van der Waals surface area contributed by atoms with Gasteiger partial charge in [-0.2, -0.15) is 0 Å². The zero-order valence-electron chi connectivity index (χ0n) is 10.7. The molecule has 0 radical (unpaired) electrons. The molecule has 0 aliphatic rings. The monoisotopic (exact) mass is 316 g/mol. The van der Waals surface area contributed by atoms with E-state index >= 15 is 0 Å². The number of nitrogens with two attached hydrogens (primary N) is 1. The zero-order valence-corrected chi connectivity index (χ0v) is 11.4. The average Bonchev–Trinajstić information content (AvgIpc) is 2.42. The molecule has 2 rings (SSSR count). The largest absolute Gasteiger partial charge is 0.573 e. The summed E-state index contributed by atoms with van der Waals surface area (Å²) in [4.78, 5) is 0. The lowest BCUT2D eigenvalue weighted by molar-refractivity contribution is -0.275. The molecule has 0 amide bonds. The molecule has 1 unspecified atom stereocenters. The van der Waals surface area contributed by atoms with E-state index in [1.807, 2.05) is 0 Å². The molecule has 1 atom stereocenters. The van der Waals surface area contributed by atoms with E-state index in [0.29, 0.717) is 10.6 Å². The van der Waals surface area contributed by atoms with E-state index in [9.17, 15) is 13.2 Å². The van der Waals surface area contributed by atoms with Gasteiger partial charge in [0.2, 0.25) is 0 Å². The smallest absolute Gasteiger partial charge is 0.405 e. The standard InChI is InChI=1S/C14H12ClF3N2O/c15-10-7-5-9(6-8-10)13(20-19)11-3-1-2-4-12(11)21-14(16,17)18/h1-8,13,20H,19H2. The van der Waals surface area contributed by atoms with Gasteiger partial charge in [-0.05, 0) is 23.8 Å². The molecule has 0 heterocycles. The van der Waals surface area contributed by atoms with Crippen LogP contribution in [0.4, 0.5) is 13.2 Å². The van der Waals surface area contributed by atoms with Crippen LogP contribution in [0.1, 0.15) is 17.2 Å². The second kappa shape index (κ2) is 6.34. The summed E-state index contributed by atoms with van der Waals surface area (Å²) in [5.74, 6) is 5.18. The number of benzene rings is 2. The lowest BCUT2D eigenvalue weighted by Gasteiger charge is -2.21. The predicted octanol–water partition coefficient (Wildman–Crippen LogP) is 3.79. The van der Waals surface area contributed by atoms with Crippen molar-refractivity contribution in [2.24, 2.45) is 5.84 Å². The lowest BCUT2D eigenvalue weighted by Crippen LogP contribution is -2.30. The molecule has 3 N–H and O–H groups in total. The Morgan fingerprint density at radius 3 is 2.24 bits per heavy atom. The second-order valence-electron chi connectivity index (χ2n) is 4.24. The Kier molecular flexibility index (Phi) is 4.72. The fraction of sp³-hybridized carbons (Fsp3) is 0.143. The zero-order chi connectivity index (χ0) is 15.5. The molecule has 0 aliphatic heterocycles. The van der Waals surface area contributed by atoms with Gasteiger partial charge in [0.25, 0.3) is 0 Å². The third-order valence-electron chi connectivity index (χ3n) is 2.83. The van der Waals surface area contributed by atoms with E-state index in [-0.39, 0.29) is 11.3 Å². The van der Waals surface area contributed by atoms with Gasteiger partial charge in [-0.15, -0.1) is 13.2 Å². The van der Waals surface area contributed by atoms with Crippen molar-refractivity contribution < 1.29 is 17.9 Å². The van der Waals surface area contributed by atoms with Crippen molar-refractivity contribution in [2.45, 2.75) is 12.4 Å². The van der Waals surface area contributed by atoms with Crippen molar-refractivity contribution in [3.8, 4) is 5.75 Å². The number of halogens is 4. The van der Waals surface area contributed by atoms with Gasteiger partial charge in [0.05, 0.1) is 6.04 Å². The van der Waals surface area contributed by atoms with Crippen LogP contribution in [0.25, 0.3) is 0 Å². The number of para-hydroxylation sites is 1. The normalized spacial score (nSPS) is 13.0. The minimum absolute atomic E-state index is 0.277. The Bertz CT molecular complexity index is 602. The average molecular weight is 317 g/mol. The molecule has 2 aromatic carbocycles. The van der Waals surface area contributed by atoms with Crippen LogP contribution in [-0.2, 0) is 0 Å². The van der Waals surface area contributed by atoms with Crippen LogP contribution in [0.3, 0.4) is 0 Å². The summed E-state index contributed by atoms with van der Waals surface area (Å²) >= 11 is 5.80. The van der Waals surface area contributed by atoms with E-state index in [1.54, 1.807) is 30.3 Å². The number of hydrogen-bond donors (Lipinski definition) is 2. The number of alkyl halides is 3. The van der Waals surface area contributed by atoms with Crippen LogP contribution >= 0.6 is 11.6 Å². The molecule has 112 valence electrons. The van der Waals surface area contributed by atoms with E-state index in [0.717, 1.165) is 0 Å². The molecule has 0 saturated carbocycles. The maximum atomic E-state index is 12.5. The number of hydrogen-bond acceptors (Lipinski definition) is 3. The van der Waals surface area contributed by atoms with Gasteiger partial charge in [-0.25, -0.2) is 5.43 Å². The van der Waals surface area contributed by atoms with E-state index in [4.69, 9.17) is 17.4 Å². The highest BCUT2D eigenvalue weighted by Crippen LogP contribution is 2.33. The maximum absolute atomic E-state index is 12.5. The molecule has 0 saturated heterocycles. The first kappa shape index (κ1) is 15.6. The van der Waals surface area contributed by atoms with Gasteiger partial charge in [0.1, 0.15) is 5.75 Å². The first-order valence-corrected chi connectivity index (χ1v) is 6.35. The second-order valence-corrected chi connectivity index (χ2v) is 4.67. The highest BCUT2D eigenvalue weighted by Gasteiger charge is 2.33. The SMILES string of the molecule is NNC(c1ccc(Cl)cc1)c1ccccc1OC(F)(F)F. The third-order valence-corrected chi connectivity index (χ3v) is 3.08. The summed E-state index contributed by atoms with van der Waals surface area (Å²) in [7, 11) is 0. The highest BCUT2D eigenvalue weighted by atomic mass is 35.5. The molecule has 0 aliphatic carbocycles. The van der Waals surface area contributed by atoms with Crippen molar-refractivity contribution in [3.63, 3.8) is 0 Å². The molecule has 0 spiro atoms. The first-order valence-electron chi connectivity index (χ1n) is 5.97. The predicted molar refractivity (Wildman–Crippen MR) is 73.7 cm³/mol. The third kappa shape index (κ3) is 4.10. The van der Waals surface area contributed by atoms with Gasteiger partial charge in [-0.1, -0.05) is 41.9 Å². The molecule has 3 nitrogen and oxygen atoms in total. The Morgan fingerprint density at radius 1 is 1.05 bits per heavy atom. The summed E-state index contributed by atoms with van der Waals surface area (Å²) < 4.78 is 41.4. The maximum Gasteiger partial charge on any atom is 0.573 e. The molecule has 0 aromatic heterocycles.